The van der Waals surface area contributed by atoms with Gasteiger partial charge in [0.15, 0.2) is 0 Å². The lowest BCUT2D eigenvalue weighted by molar-refractivity contribution is 0.0996. The fraction of sp³-hybridized carbons (Fsp3) is 0.227. The van der Waals surface area contributed by atoms with E-state index in [0.29, 0.717) is 42.2 Å². The molecule has 4 aromatic rings. The van der Waals surface area contributed by atoms with E-state index in [-0.39, 0.29) is 5.91 Å². The number of nitrogens with zero attached hydrogens (tertiary/aromatic N) is 5. The largest absolute Gasteiger partial charge is 0.366 e. The Morgan fingerprint density at radius 2 is 2.00 bits per heavy atom. The maximum Gasteiger partial charge on any atom is 0.276 e. The molecule has 0 bridgehead atoms. The van der Waals surface area contributed by atoms with Crippen LogP contribution in [0.25, 0.3) is 11.0 Å². The second-order valence-electron chi connectivity index (χ2n) is 7.17. The summed E-state index contributed by atoms with van der Waals surface area (Å²) in [5.41, 5.74) is 9.29. The number of hydrogen-bond donors (Lipinski definition) is 2. The van der Waals surface area contributed by atoms with Crippen LogP contribution >= 0.6 is 0 Å². The summed E-state index contributed by atoms with van der Waals surface area (Å²) in [6, 6.07) is 12.6. The molecular weight excluding hydrogens is 394 g/mol. The molecule has 0 radical (unpaired) electrons. The number of carbonyl (C=O) groups is 2. The summed E-state index contributed by atoms with van der Waals surface area (Å²) in [7, 11) is 0. The molecule has 0 aliphatic carbocycles. The van der Waals surface area contributed by atoms with Gasteiger partial charge < -0.3 is 10.3 Å². The van der Waals surface area contributed by atoms with Gasteiger partial charge in [-0.05, 0) is 50.2 Å². The highest BCUT2D eigenvalue weighted by Crippen LogP contribution is 2.22. The van der Waals surface area contributed by atoms with Crippen molar-refractivity contribution in [3.63, 3.8) is 0 Å². The van der Waals surface area contributed by atoms with E-state index in [2.05, 4.69) is 20.4 Å². The van der Waals surface area contributed by atoms with Crippen molar-refractivity contribution >= 4 is 28.8 Å². The van der Waals surface area contributed by atoms with Crippen LogP contribution in [0.1, 0.15) is 39.2 Å². The third kappa shape index (κ3) is 4.16. The van der Waals surface area contributed by atoms with E-state index in [9.17, 15) is 9.59 Å². The second kappa shape index (κ2) is 8.39. The number of fused-ring (bicyclic) bond motifs is 1. The van der Waals surface area contributed by atoms with Gasteiger partial charge in [-0.15, -0.1) is 0 Å². The number of benzene rings is 1. The molecule has 0 unspecified atom stereocenters. The smallest absolute Gasteiger partial charge is 0.276 e. The first-order valence-electron chi connectivity index (χ1n) is 10.0. The van der Waals surface area contributed by atoms with Crippen molar-refractivity contribution in [2.45, 2.75) is 33.4 Å². The van der Waals surface area contributed by atoms with E-state index in [0.717, 1.165) is 16.9 Å². The molecule has 9 heteroatoms. The Bertz CT molecular complexity index is 1260. The minimum Gasteiger partial charge on any atom is -0.366 e. The minimum atomic E-state index is -0.530. The summed E-state index contributed by atoms with van der Waals surface area (Å²) in [5, 5.41) is 7.24. The van der Waals surface area contributed by atoms with Gasteiger partial charge in [0, 0.05) is 37.0 Å². The maximum atomic E-state index is 13.0. The van der Waals surface area contributed by atoms with Crippen LogP contribution in [0.15, 0.2) is 48.7 Å². The molecule has 0 fully saturated rings. The van der Waals surface area contributed by atoms with E-state index in [4.69, 9.17) is 5.73 Å². The van der Waals surface area contributed by atoms with Gasteiger partial charge in [-0.2, -0.15) is 5.10 Å². The summed E-state index contributed by atoms with van der Waals surface area (Å²) in [5.74, 6) is -0.441. The van der Waals surface area contributed by atoms with Crippen molar-refractivity contribution in [2.24, 2.45) is 5.73 Å². The number of aryl methyl sites for hydroxylation is 4. The predicted molar refractivity (Wildman–Crippen MR) is 117 cm³/mol. The molecule has 31 heavy (non-hydrogen) atoms. The topological polar surface area (TPSA) is 121 Å². The highest BCUT2D eigenvalue weighted by Gasteiger charge is 2.19. The monoisotopic (exact) mass is 417 g/mol. The first kappa shape index (κ1) is 20.3. The summed E-state index contributed by atoms with van der Waals surface area (Å²) in [4.78, 5) is 33.5. The van der Waals surface area contributed by atoms with Gasteiger partial charge in [-0.25, -0.2) is 4.98 Å². The molecular formula is C22H23N7O2. The van der Waals surface area contributed by atoms with E-state index >= 15 is 0 Å². The van der Waals surface area contributed by atoms with Gasteiger partial charge in [0.2, 0.25) is 11.9 Å². The maximum absolute atomic E-state index is 13.0. The summed E-state index contributed by atoms with van der Waals surface area (Å²) < 4.78 is 3.56. The zero-order chi connectivity index (χ0) is 22.0. The lowest BCUT2D eigenvalue weighted by atomic mass is 10.2. The molecule has 158 valence electrons. The van der Waals surface area contributed by atoms with Gasteiger partial charge in [-0.3, -0.25) is 24.6 Å². The van der Waals surface area contributed by atoms with Crippen molar-refractivity contribution in [1.29, 1.82) is 0 Å². The first-order valence-corrected chi connectivity index (χ1v) is 10.0. The number of pyridine rings is 1. The highest BCUT2D eigenvalue weighted by molar-refractivity contribution is 6.03. The Labute approximate surface area is 178 Å². The normalized spacial score (nSPS) is 11.0. The van der Waals surface area contributed by atoms with Crippen LogP contribution in [0, 0.1) is 6.92 Å². The Hall–Kier alpha value is -4.01. The Kier molecular flexibility index (Phi) is 5.48. The predicted octanol–water partition coefficient (Wildman–Crippen LogP) is 2.55. The van der Waals surface area contributed by atoms with Crippen LogP contribution < -0.4 is 11.1 Å². The third-order valence-electron chi connectivity index (χ3n) is 5.01. The van der Waals surface area contributed by atoms with Crippen LogP contribution in [0.4, 0.5) is 5.95 Å². The Morgan fingerprint density at radius 1 is 1.16 bits per heavy atom. The number of hydrogen-bond acceptors (Lipinski definition) is 5. The molecule has 0 aliphatic heterocycles. The standard InChI is InChI=1S/C22H23N7O2/c1-3-29-19(12-14(2)27-29)21(31)26-22-25-17-13-15(20(23)30)7-8-18(17)28(22)11-9-16-6-4-5-10-24-16/h4-8,10,12-13H,3,9,11H2,1-2H3,(H2,23,30)(H,25,26,31). The number of nitrogens with two attached hydrogens (primary N) is 1. The van der Waals surface area contributed by atoms with E-state index in [1.54, 1.807) is 35.1 Å². The zero-order valence-corrected chi connectivity index (χ0v) is 17.4. The summed E-state index contributed by atoms with van der Waals surface area (Å²) >= 11 is 0. The van der Waals surface area contributed by atoms with Gasteiger partial charge in [0.05, 0.1) is 16.7 Å². The number of aromatic nitrogens is 5. The summed E-state index contributed by atoms with van der Waals surface area (Å²) in [6.45, 7) is 4.90. The van der Waals surface area contributed by atoms with Crippen LogP contribution in [0.5, 0.6) is 0 Å². The van der Waals surface area contributed by atoms with Crippen molar-refractivity contribution in [1.82, 2.24) is 24.3 Å². The average molecular weight is 417 g/mol. The van der Waals surface area contributed by atoms with Gasteiger partial charge in [-0.1, -0.05) is 6.07 Å². The molecule has 9 nitrogen and oxygen atoms in total. The molecule has 0 atom stereocenters. The van der Waals surface area contributed by atoms with Gasteiger partial charge in [0.1, 0.15) is 5.69 Å². The third-order valence-corrected chi connectivity index (χ3v) is 5.01. The van der Waals surface area contributed by atoms with Gasteiger partial charge >= 0.3 is 0 Å². The number of imidazole rings is 1. The van der Waals surface area contributed by atoms with E-state index in [1.165, 1.54) is 0 Å². The minimum absolute atomic E-state index is 0.299. The van der Waals surface area contributed by atoms with E-state index in [1.807, 2.05) is 36.6 Å². The fourth-order valence-electron chi connectivity index (χ4n) is 3.51. The number of primary amides is 1. The second-order valence-corrected chi connectivity index (χ2v) is 7.17. The van der Waals surface area contributed by atoms with Crippen LogP contribution in [-0.4, -0.2) is 36.1 Å². The molecule has 3 heterocycles. The number of rotatable bonds is 7. The quantitative estimate of drug-likeness (QED) is 0.479. The van der Waals surface area contributed by atoms with Crippen molar-refractivity contribution in [2.75, 3.05) is 5.32 Å². The molecule has 2 amide bonds. The molecule has 0 spiro atoms. The number of anilines is 1. The molecule has 0 saturated heterocycles. The highest BCUT2D eigenvalue weighted by atomic mass is 16.2. The molecule has 3 N–H and O–H groups in total. The van der Waals surface area contributed by atoms with Crippen LogP contribution in [0.3, 0.4) is 0 Å². The van der Waals surface area contributed by atoms with Gasteiger partial charge in [0.25, 0.3) is 5.91 Å². The number of amides is 2. The zero-order valence-electron chi connectivity index (χ0n) is 17.4. The molecule has 3 aromatic heterocycles. The SMILES string of the molecule is CCn1nc(C)cc1C(=O)Nc1nc2cc(C(N)=O)ccc2n1CCc1ccccn1. The lowest BCUT2D eigenvalue weighted by Crippen LogP contribution is -2.20. The first-order chi connectivity index (χ1) is 15.0. The van der Waals surface area contributed by atoms with Crippen molar-refractivity contribution < 1.29 is 9.59 Å². The average Bonchev–Trinajstić information content (AvgIpc) is 3.31. The fourth-order valence-corrected chi connectivity index (χ4v) is 3.51. The van der Waals surface area contributed by atoms with Crippen molar-refractivity contribution in [3.05, 3.63) is 71.3 Å². The van der Waals surface area contributed by atoms with Crippen LogP contribution in [0.2, 0.25) is 0 Å². The van der Waals surface area contributed by atoms with E-state index < -0.39 is 5.91 Å². The number of nitrogens with one attached hydrogen (secondary N) is 1. The van der Waals surface area contributed by atoms with Crippen molar-refractivity contribution in [3.8, 4) is 0 Å². The molecule has 0 aliphatic rings. The Morgan fingerprint density at radius 3 is 2.71 bits per heavy atom. The molecule has 4 rings (SSSR count). The summed E-state index contributed by atoms with van der Waals surface area (Å²) in [6.07, 6.45) is 2.40. The molecule has 0 saturated carbocycles. The lowest BCUT2D eigenvalue weighted by Gasteiger charge is -2.10. The van der Waals surface area contributed by atoms with Crippen LogP contribution in [-0.2, 0) is 19.5 Å². The molecule has 1 aromatic carbocycles. The Balaban J connectivity index is 1.71. The number of carbonyl (C=O) groups excluding carboxylic acids is 2.